The molecule has 1 N–H and O–H groups in total. The third kappa shape index (κ3) is 4.47. The first kappa shape index (κ1) is 17.2. The molecule has 3 aromatic rings. The summed E-state index contributed by atoms with van der Waals surface area (Å²) in [6, 6.07) is 10.7. The number of aromatic nitrogens is 3. The van der Waals surface area contributed by atoms with Crippen LogP contribution in [-0.2, 0) is 11.3 Å². The summed E-state index contributed by atoms with van der Waals surface area (Å²) in [5.41, 5.74) is 1.66. The van der Waals surface area contributed by atoms with Gasteiger partial charge in [0.05, 0.1) is 10.0 Å². The van der Waals surface area contributed by atoms with Gasteiger partial charge in [0.1, 0.15) is 0 Å². The maximum atomic E-state index is 12.0. The standard InChI is InChI=1S/C18H14Cl2N4O/c19-15-6-4-13(11-16(15)20)5-7-17(25)22-12-14-3-1-8-21-18(14)24-10-2-9-23-24/h1-11H,12H2,(H,22,25)/b7-5+. The second-order valence-corrected chi connectivity index (χ2v) is 5.98. The number of nitrogens with one attached hydrogen (secondary N) is 1. The zero-order valence-corrected chi connectivity index (χ0v) is 14.6. The second-order valence-electron chi connectivity index (χ2n) is 5.16. The molecule has 0 radical (unpaired) electrons. The average molecular weight is 373 g/mol. The Hall–Kier alpha value is -2.63. The number of hydrogen-bond donors (Lipinski definition) is 1. The fourth-order valence-corrected chi connectivity index (χ4v) is 2.50. The maximum absolute atomic E-state index is 12.0. The van der Waals surface area contributed by atoms with E-state index >= 15 is 0 Å². The van der Waals surface area contributed by atoms with Gasteiger partial charge >= 0.3 is 0 Å². The van der Waals surface area contributed by atoms with Gasteiger partial charge < -0.3 is 5.32 Å². The minimum atomic E-state index is -0.221. The lowest BCUT2D eigenvalue weighted by atomic mass is 10.2. The third-order valence-electron chi connectivity index (χ3n) is 3.41. The highest BCUT2D eigenvalue weighted by Crippen LogP contribution is 2.23. The number of pyridine rings is 1. The molecule has 25 heavy (non-hydrogen) atoms. The lowest BCUT2D eigenvalue weighted by Crippen LogP contribution is -2.21. The van der Waals surface area contributed by atoms with E-state index in [2.05, 4.69) is 15.4 Å². The summed E-state index contributed by atoms with van der Waals surface area (Å²) in [5.74, 6) is 0.461. The molecule has 0 fully saturated rings. The van der Waals surface area contributed by atoms with Crippen LogP contribution in [0.25, 0.3) is 11.9 Å². The molecular formula is C18H14Cl2N4O. The summed E-state index contributed by atoms with van der Waals surface area (Å²) in [5, 5.41) is 7.93. The summed E-state index contributed by atoms with van der Waals surface area (Å²) in [4.78, 5) is 16.4. The predicted molar refractivity (Wildman–Crippen MR) is 98.7 cm³/mol. The molecule has 0 saturated carbocycles. The molecule has 5 nitrogen and oxygen atoms in total. The van der Waals surface area contributed by atoms with Crippen LogP contribution in [0.15, 0.2) is 61.1 Å². The molecular weight excluding hydrogens is 359 g/mol. The van der Waals surface area contributed by atoms with E-state index in [4.69, 9.17) is 23.2 Å². The fraction of sp³-hybridized carbons (Fsp3) is 0.0556. The first-order valence-electron chi connectivity index (χ1n) is 7.48. The van der Waals surface area contributed by atoms with Crippen molar-refractivity contribution in [2.75, 3.05) is 0 Å². The van der Waals surface area contributed by atoms with E-state index in [0.29, 0.717) is 22.4 Å². The van der Waals surface area contributed by atoms with Crippen molar-refractivity contribution in [1.82, 2.24) is 20.1 Å². The van der Waals surface area contributed by atoms with Gasteiger partial charge in [-0.25, -0.2) is 9.67 Å². The minimum absolute atomic E-state index is 0.221. The Morgan fingerprint density at radius 3 is 2.80 bits per heavy atom. The highest BCUT2D eigenvalue weighted by atomic mass is 35.5. The molecule has 0 aliphatic heterocycles. The van der Waals surface area contributed by atoms with Crippen LogP contribution in [0.3, 0.4) is 0 Å². The van der Waals surface area contributed by atoms with Crippen molar-refractivity contribution in [2.45, 2.75) is 6.54 Å². The lowest BCUT2D eigenvalue weighted by molar-refractivity contribution is -0.116. The molecule has 7 heteroatoms. The zero-order chi connectivity index (χ0) is 17.6. The van der Waals surface area contributed by atoms with E-state index in [-0.39, 0.29) is 5.91 Å². The zero-order valence-electron chi connectivity index (χ0n) is 13.1. The van der Waals surface area contributed by atoms with E-state index in [1.54, 1.807) is 47.5 Å². The molecule has 0 spiro atoms. The van der Waals surface area contributed by atoms with Crippen LogP contribution in [0.5, 0.6) is 0 Å². The van der Waals surface area contributed by atoms with E-state index in [0.717, 1.165) is 11.1 Å². The van der Waals surface area contributed by atoms with Gasteiger partial charge in [0.2, 0.25) is 5.91 Å². The van der Waals surface area contributed by atoms with Crippen molar-refractivity contribution in [3.05, 3.63) is 82.2 Å². The van der Waals surface area contributed by atoms with Gasteiger partial charge in [-0.1, -0.05) is 35.3 Å². The average Bonchev–Trinajstić information content (AvgIpc) is 3.15. The smallest absolute Gasteiger partial charge is 0.244 e. The molecule has 126 valence electrons. The van der Waals surface area contributed by atoms with Gasteiger partial charge in [-0.2, -0.15) is 5.10 Å². The van der Waals surface area contributed by atoms with Crippen LogP contribution < -0.4 is 5.32 Å². The van der Waals surface area contributed by atoms with Crippen molar-refractivity contribution in [2.24, 2.45) is 0 Å². The van der Waals surface area contributed by atoms with E-state index in [1.807, 2.05) is 18.2 Å². The summed E-state index contributed by atoms with van der Waals surface area (Å²) >= 11 is 11.8. The van der Waals surface area contributed by atoms with Crippen LogP contribution in [-0.4, -0.2) is 20.7 Å². The van der Waals surface area contributed by atoms with Gasteiger partial charge in [-0.05, 0) is 35.9 Å². The first-order chi connectivity index (χ1) is 12.1. The largest absolute Gasteiger partial charge is 0.348 e. The molecule has 0 saturated heterocycles. The van der Waals surface area contributed by atoms with Crippen molar-refractivity contribution >= 4 is 35.2 Å². The molecule has 1 aromatic carbocycles. The summed E-state index contributed by atoms with van der Waals surface area (Å²) in [6.45, 7) is 0.341. The van der Waals surface area contributed by atoms with Crippen molar-refractivity contribution in [3.63, 3.8) is 0 Å². The Bertz CT molecular complexity index is 907. The number of carbonyl (C=O) groups excluding carboxylic acids is 1. The fourth-order valence-electron chi connectivity index (χ4n) is 2.20. The molecule has 0 bridgehead atoms. The summed E-state index contributed by atoms with van der Waals surface area (Å²) < 4.78 is 1.66. The van der Waals surface area contributed by atoms with Crippen molar-refractivity contribution < 1.29 is 4.79 Å². The van der Waals surface area contributed by atoms with Gasteiger partial charge in [0, 0.05) is 36.8 Å². The minimum Gasteiger partial charge on any atom is -0.348 e. The monoisotopic (exact) mass is 372 g/mol. The Labute approximate surface area is 154 Å². The molecule has 0 unspecified atom stereocenters. The van der Waals surface area contributed by atoms with Crippen LogP contribution in [0, 0.1) is 0 Å². The van der Waals surface area contributed by atoms with Gasteiger partial charge in [0.15, 0.2) is 5.82 Å². The molecule has 0 aliphatic carbocycles. The third-order valence-corrected chi connectivity index (χ3v) is 4.15. The topological polar surface area (TPSA) is 59.8 Å². The van der Waals surface area contributed by atoms with Gasteiger partial charge in [-0.3, -0.25) is 4.79 Å². The highest BCUT2D eigenvalue weighted by Gasteiger charge is 2.06. The second kappa shape index (κ2) is 7.96. The molecule has 0 atom stereocenters. The normalized spacial score (nSPS) is 11.0. The molecule has 2 aromatic heterocycles. The van der Waals surface area contributed by atoms with Gasteiger partial charge in [-0.15, -0.1) is 0 Å². The summed E-state index contributed by atoms with van der Waals surface area (Å²) in [7, 11) is 0. The van der Waals surface area contributed by atoms with E-state index < -0.39 is 0 Å². The number of carbonyl (C=O) groups is 1. The number of nitrogens with zero attached hydrogens (tertiary/aromatic N) is 3. The number of benzene rings is 1. The SMILES string of the molecule is O=C(/C=C/c1ccc(Cl)c(Cl)c1)NCc1cccnc1-n1cccn1. The molecule has 0 aliphatic rings. The van der Waals surface area contributed by atoms with Crippen molar-refractivity contribution in [1.29, 1.82) is 0 Å². The van der Waals surface area contributed by atoms with E-state index in [1.165, 1.54) is 6.08 Å². The van der Waals surface area contributed by atoms with Crippen LogP contribution in [0.2, 0.25) is 10.0 Å². The van der Waals surface area contributed by atoms with Crippen LogP contribution in [0.4, 0.5) is 0 Å². The van der Waals surface area contributed by atoms with Crippen molar-refractivity contribution in [3.8, 4) is 5.82 Å². The number of amides is 1. The Balaban J connectivity index is 1.65. The van der Waals surface area contributed by atoms with E-state index in [9.17, 15) is 4.79 Å². The quantitative estimate of drug-likeness (QED) is 0.690. The van der Waals surface area contributed by atoms with Gasteiger partial charge in [0.25, 0.3) is 0 Å². The number of rotatable bonds is 5. The number of hydrogen-bond acceptors (Lipinski definition) is 3. The maximum Gasteiger partial charge on any atom is 0.244 e. The molecule has 3 rings (SSSR count). The molecule has 2 heterocycles. The number of halogens is 2. The lowest BCUT2D eigenvalue weighted by Gasteiger charge is -2.08. The highest BCUT2D eigenvalue weighted by molar-refractivity contribution is 6.42. The Morgan fingerprint density at radius 1 is 1.16 bits per heavy atom. The predicted octanol–water partition coefficient (Wildman–Crippen LogP) is 3.90. The Kier molecular flexibility index (Phi) is 5.48. The van der Waals surface area contributed by atoms with Crippen LogP contribution in [0.1, 0.15) is 11.1 Å². The summed E-state index contributed by atoms with van der Waals surface area (Å²) in [6.07, 6.45) is 8.29. The van der Waals surface area contributed by atoms with Crippen LogP contribution >= 0.6 is 23.2 Å². The molecule has 1 amide bonds. The first-order valence-corrected chi connectivity index (χ1v) is 8.24. The Morgan fingerprint density at radius 2 is 2.04 bits per heavy atom.